The number of piperazine rings is 1. The summed E-state index contributed by atoms with van der Waals surface area (Å²) >= 11 is 0. The molecule has 5 nitrogen and oxygen atoms in total. The van der Waals surface area contributed by atoms with E-state index >= 15 is 0 Å². The number of hydrogen-bond donors (Lipinski definition) is 0. The van der Waals surface area contributed by atoms with Gasteiger partial charge in [0, 0.05) is 31.7 Å². The fourth-order valence-electron chi connectivity index (χ4n) is 3.22. The molecule has 0 N–H and O–H groups in total. The second-order valence-electron chi connectivity index (χ2n) is 5.97. The lowest BCUT2D eigenvalue weighted by Gasteiger charge is -2.34. The van der Waals surface area contributed by atoms with E-state index in [9.17, 15) is 13.2 Å². The lowest BCUT2D eigenvalue weighted by Crippen LogP contribution is -2.48. The number of carbonyl (C=O) groups excluding carboxylic acids is 1. The van der Waals surface area contributed by atoms with Gasteiger partial charge >= 0.3 is 0 Å². The Morgan fingerprint density at radius 3 is 2.59 bits per heavy atom. The van der Waals surface area contributed by atoms with E-state index in [1.807, 2.05) is 4.90 Å². The van der Waals surface area contributed by atoms with Gasteiger partial charge < -0.3 is 9.80 Å². The summed E-state index contributed by atoms with van der Waals surface area (Å²) in [6, 6.07) is 5.05. The largest absolute Gasteiger partial charge is 0.336 e. The molecule has 1 saturated heterocycles. The molecule has 0 aromatic heterocycles. The summed E-state index contributed by atoms with van der Waals surface area (Å²) in [4.78, 5) is 17.2. The predicted molar refractivity (Wildman–Crippen MR) is 84.8 cm³/mol. The van der Waals surface area contributed by atoms with Crippen molar-refractivity contribution in [1.82, 2.24) is 9.80 Å². The smallest absolute Gasteiger partial charge is 0.253 e. The maximum absolute atomic E-state index is 12.6. The average molecular weight is 322 g/mol. The van der Waals surface area contributed by atoms with Crippen molar-refractivity contribution < 1.29 is 13.2 Å². The van der Waals surface area contributed by atoms with E-state index in [0.717, 1.165) is 44.7 Å². The van der Waals surface area contributed by atoms with Crippen LogP contribution >= 0.6 is 0 Å². The van der Waals surface area contributed by atoms with Crippen LogP contribution in [0.3, 0.4) is 0 Å². The van der Waals surface area contributed by atoms with E-state index in [2.05, 4.69) is 11.8 Å². The van der Waals surface area contributed by atoms with Crippen LogP contribution in [0.1, 0.15) is 29.3 Å². The van der Waals surface area contributed by atoms with Crippen molar-refractivity contribution >= 4 is 15.7 Å². The lowest BCUT2D eigenvalue weighted by molar-refractivity contribution is 0.0643. The Hall–Kier alpha value is -1.40. The summed E-state index contributed by atoms with van der Waals surface area (Å²) in [6.07, 6.45) is 1.38. The van der Waals surface area contributed by atoms with Gasteiger partial charge in [-0.15, -0.1) is 0 Å². The number of fused-ring (bicyclic) bond motifs is 1. The van der Waals surface area contributed by atoms with Crippen molar-refractivity contribution in [3.05, 3.63) is 29.3 Å². The van der Waals surface area contributed by atoms with Gasteiger partial charge in [0.25, 0.3) is 5.91 Å². The zero-order valence-corrected chi connectivity index (χ0v) is 13.7. The van der Waals surface area contributed by atoms with Crippen LogP contribution in [0.15, 0.2) is 23.1 Å². The number of sulfone groups is 1. The minimum atomic E-state index is -3.15. The first kappa shape index (κ1) is 15.5. The van der Waals surface area contributed by atoms with Gasteiger partial charge in [-0.2, -0.15) is 0 Å². The van der Waals surface area contributed by atoms with E-state index < -0.39 is 9.84 Å². The van der Waals surface area contributed by atoms with Gasteiger partial charge in [-0.1, -0.05) is 6.92 Å². The number of carbonyl (C=O) groups is 1. The molecule has 3 rings (SSSR count). The zero-order valence-electron chi connectivity index (χ0n) is 12.9. The van der Waals surface area contributed by atoms with Crippen molar-refractivity contribution in [2.45, 2.75) is 24.7 Å². The number of likely N-dealkylation sites (N-methyl/N-ethyl adjacent to an activating group) is 1. The highest BCUT2D eigenvalue weighted by atomic mass is 32.2. The first-order valence-electron chi connectivity index (χ1n) is 7.88. The summed E-state index contributed by atoms with van der Waals surface area (Å²) in [6.45, 7) is 6.42. The predicted octanol–water partition coefficient (Wildman–Crippen LogP) is 1.18. The highest BCUT2D eigenvalue weighted by molar-refractivity contribution is 7.91. The second kappa shape index (κ2) is 6.01. The van der Waals surface area contributed by atoms with Gasteiger partial charge in [0.2, 0.25) is 0 Å². The first-order valence-corrected chi connectivity index (χ1v) is 9.54. The highest BCUT2D eigenvalue weighted by Crippen LogP contribution is 2.26. The van der Waals surface area contributed by atoms with Gasteiger partial charge in [-0.25, -0.2) is 8.42 Å². The fraction of sp³-hybridized carbons (Fsp3) is 0.562. The van der Waals surface area contributed by atoms with Crippen molar-refractivity contribution in [2.75, 3.05) is 38.5 Å². The molecule has 0 unspecified atom stereocenters. The minimum Gasteiger partial charge on any atom is -0.336 e. The number of hydrogen-bond acceptors (Lipinski definition) is 4. The maximum atomic E-state index is 12.6. The summed E-state index contributed by atoms with van der Waals surface area (Å²) < 4.78 is 24.0. The van der Waals surface area contributed by atoms with Crippen molar-refractivity contribution in [1.29, 1.82) is 0 Å². The van der Waals surface area contributed by atoms with Crippen molar-refractivity contribution in [3.8, 4) is 0 Å². The van der Waals surface area contributed by atoms with Crippen molar-refractivity contribution in [2.24, 2.45) is 0 Å². The fourth-order valence-corrected chi connectivity index (χ4v) is 4.80. The van der Waals surface area contributed by atoms with E-state index in [1.165, 1.54) is 0 Å². The third-order valence-corrected chi connectivity index (χ3v) is 6.50. The molecule has 0 spiro atoms. The molecule has 6 heteroatoms. The molecule has 0 aliphatic carbocycles. The molecule has 1 aromatic rings. The number of nitrogens with zero attached hydrogens (tertiary/aromatic N) is 2. The number of benzene rings is 1. The topological polar surface area (TPSA) is 57.7 Å². The first-order chi connectivity index (χ1) is 10.5. The Labute approximate surface area is 131 Å². The maximum Gasteiger partial charge on any atom is 0.253 e. The van der Waals surface area contributed by atoms with E-state index in [0.29, 0.717) is 16.9 Å². The average Bonchev–Trinajstić information content (AvgIpc) is 2.53. The Bertz CT molecular complexity index is 677. The summed E-state index contributed by atoms with van der Waals surface area (Å²) in [5.41, 5.74) is 1.41. The SMILES string of the molecule is CCN1CCN(C(=O)c2ccc3c(c2)CCCS3(=O)=O)CC1. The van der Waals surface area contributed by atoms with Crippen molar-refractivity contribution in [3.63, 3.8) is 0 Å². The normalized spacial score (nSPS) is 21.4. The van der Waals surface area contributed by atoms with Gasteiger partial charge in [0.15, 0.2) is 9.84 Å². The number of aryl methyl sites for hydroxylation is 1. The van der Waals surface area contributed by atoms with Gasteiger partial charge in [0.05, 0.1) is 10.6 Å². The molecular weight excluding hydrogens is 300 g/mol. The van der Waals surface area contributed by atoms with Gasteiger partial charge in [0.1, 0.15) is 0 Å². The van der Waals surface area contributed by atoms with Crippen LogP contribution in [0.25, 0.3) is 0 Å². The molecule has 120 valence electrons. The van der Waals surface area contributed by atoms with Crippen LogP contribution in [-0.2, 0) is 16.3 Å². The third-order valence-electron chi connectivity index (χ3n) is 4.61. The molecule has 22 heavy (non-hydrogen) atoms. The number of amides is 1. The molecule has 2 heterocycles. The Morgan fingerprint density at radius 1 is 1.18 bits per heavy atom. The van der Waals surface area contributed by atoms with Crippen LogP contribution in [0.5, 0.6) is 0 Å². The zero-order chi connectivity index (χ0) is 15.7. The van der Waals surface area contributed by atoms with E-state index in [1.54, 1.807) is 18.2 Å². The monoisotopic (exact) mass is 322 g/mol. The van der Waals surface area contributed by atoms with Gasteiger partial charge in [-0.3, -0.25) is 4.79 Å². The molecule has 2 aliphatic heterocycles. The minimum absolute atomic E-state index is 0.0153. The molecule has 0 radical (unpaired) electrons. The molecule has 2 aliphatic rings. The molecule has 0 bridgehead atoms. The van der Waals surface area contributed by atoms with Crippen LogP contribution in [0.2, 0.25) is 0 Å². The quantitative estimate of drug-likeness (QED) is 0.820. The Balaban J connectivity index is 1.80. The highest BCUT2D eigenvalue weighted by Gasteiger charge is 2.26. The third kappa shape index (κ3) is 2.90. The summed E-state index contributed by atoms with van der Waals surface area (Å²) in [7, 11) is -3.15. The molecule has 1 fully saturated rings. The molecule has 1 amide bonds. The van der Waals surface area contributed by atoms with Crippen LogP contribution in [-0.4, -0.2) is 62.6 Å². The van der Waals surface area contributed by atoms with Crippen LogP contribution in [0.4, 0.5) is 0 Å². The van der Waals surface area contributed by atoms with Crippen LogP contribution in [0, 0.1) is 0 Å². The summed E-state index contributed by atoms with van der Waals surface area (Å²) in [5.74, 6) is 0.230. The lowest BCUT2D eigenvalue weighted by atomic mass is 10.1. The number of rotatable bonds is 2. The second-order valence-corrected chi connectivity index (χ2v) is 8.05. The Morgan fingerprint density at radius 2 is 1.91 bits per heavy atom. The molecule has 1 aromatic carbocycles. The summed E-state index contributed by atoms with van der Waals surface area (Å²) in [5, 5.41) is 0. The van der Waals surface area contributed by atoms with E-state index in [-0.39, 0.29) is 11.7 Å². The standard InChI is InChI=1S/C16H22N2O3S/c1-2-17-7-9-18(10-8-17)16(19)14-5-6-15-13(12-14)4-3-11-22(15,20)21/h5-6,12H,2-4,7-11H2,1H3. The molecule has 0 atom stereocenters. The van der Waals surface area contributed by atoms with Gasteiger partial charge in [-0.05, 0) is 43.1 Å². The van der Waals surface area contributed by atoms with Crippen LogP contribution < -0.4 is 0 Å². The molecular formula is C16H22N2O3S. The Kier molecular flexibility index (Phi) is 4.23. The molecule has 0 saturated carbocycles. The van der Waals surface area contributed by atoms with E-state index in [4.69, 9.17) is 0 Å².